The Hall–Kier alpha value is -0.970. The van der Waals surface area contributed by atoms with Crippen LogP contribution in [-0.4, -0.2) is 41.8 Å². The molecule has 0 saturated carbocycles. The maximum Gasteiger partial charge on any atom is 0.127 e. The minimum absolute atomic E-state index is 0.0543. The van der Waals surface area contributed by atoms with Gasteiger partial charge in [-0.15, -0.1) is 0 Å². The lowest BCUT2D eigenvalue weighted by atomic mass is 9.93. The van der Waals surface area contributed by atoms with E-state index in [-0.39, 0.29) is 11.9 Å². The summed E-state index contributed by atoms with van der Waals surface area (Å²) in [6, 6.07) is 7.07. The van der Waals surface area contributed by atoms with Crippen molar-refractivity contribution in [3.8, 4) is 0 Å². The standard InChI is InChI=1S/C17H27FN2O/c1-3-19-16(14-6-4-5-7-15(14)18)8-11-20-12-9-17(2,21)10-13-20/h4-7,16,19,21H,3,8-13H2,1-2H3. The highest BCUT2D eigenvalue weighted by Gasteiger charge is 2.27. The lowest BCUT2D eigenvalue weighted by Crippen LogP contribution is -2.43. The van der Waals surface area contributed by atoms with Gasteiger partial charge in [0.1, 0.15) is 5.82 Å². The van der Waals surface area contributed by atoms with Crippen LogP contribution in [0.4, 0.5) is 4.39 Å². The minimum Gasteiger partial charge on any atom is -0.390 e. The number of nitrogens with zero attached hydrogens (tertiary/aromatic N) is 1. The van der Waals surface area contributed by atoms with Crippen LogP contribution in [0.1, 0.15) is 44.7 Å². The fourth-order valence-corrected chi connectivity index (χ4v) is 2.94. The van der Waals surface area contributed by atoms with Gasteiger partial charge in [0, 0.05) is 24.7 Å². The first-order valence-corrected chi connectivity index (χ1v) is 7.94. The lowest BCUT2D eigenvalue weighted by molar-refractivity contribution is -0.00597. The Morgan fingerprint density at radius 2 is 2.00 bits per heavy atom. The zero-order valence-electron chi connectivity index (χ0n) is 13.1. The zero-order chi connectivity index (χ0) is 15.3. The third-order valence-electron chi connectivity index (χ3n) is 4.40. The molecule has 4 heteroatoms. The maximum atomic E-state index is 13.9. The van der Waals surface area contributed by atoms with Gasteiger partial charge >= 0.3 is 0 Å². The van der Waals surface area contributed by atoms with E-state index in [2.05, 4.69) is 10.2 Å². The summed E-state index contributed by atoms with van der Waals surface area (Å²) >= 11 is 0. The fraction of sp³-hybridized carbons (Fsp3) is 0.647. The van der Waals surface area contributed by atoms with Crippen LogP contribution in [0.2, 0.25) is 0 Å². The Morgan fingerprint density at radius 1 is 1.33 bits per heavy atom. The van der Waals surface area contributed by atoms with Crippen LogP contribution in [0.5, 0.6) is 0 Å². The molecule has 1 atom stereocenters. The predicted octanol–water partition coefficient (Wildman–Crippen LogP) is 2.71. The molecule has 1 aromatic carbocycles. The van der Waals surface area contributed by atoms with E-state index in [1.54, 1.807) is 6.07 Å². The largest absolute Gasteiger partial charge is 0.390 e. The molecule has 1 heterocycles. The number of aliphatic hydroxyl groups is 1. The Labute approximate surface area is 127 Å². The molecule has 0 amide bonds. The van der Waals surface area contributed by atoms with Crippen LogP contribution in [0.3, 0.4) is 0 Å². The second kappa shape index (κ2) is 7.34. The van der Waals surface area contributed by atoms with Gasteiger partial charge in [0.15, 0.2) is 0 Å². The molecule has 2 rings (SSSR count). The molecule has 0 radical (unpaired) electrons. The smallest absolute Gasteiger partial charge is 0.127 e. The highest BCUT2D eigenvalue weighted by atomic mass is 19.1. The molecule has 0 spiro atoms. The third kappa shape index (κ3) is 4.77. The van der Waals surface area contributed by atoms with Gasteiger partial charge in [-0.1, -0.05) is 25.1 Å². The van der Waals surface area contributed by atoms with E-state index in [9.17, 15) is 9.50 Å². The molecular formula is C17H27FN2O. The molecule has 118 valence electrons. The molecule has 1 aliphatic heterocycles. The zero-order valence-corrected chi connectivity index (χ0v) is 13.1. The van der Waals surface area contributed by atoms with E-state index >= 15 is 0 Å². The number of rotatable bonds is 6. The van der Waals surface area contributed by atoms with Gasteiger partial charge in [0.2, 0.25) is 0 Å². The van der Waals surface area contributed by atoms with Crippen LogP contribution in [0.15, 0.2) is 24.3 Å². The normalized spacial score (nSPS) is 20.4. The summed E-state index contributed by atoms with van der Waals surface area (Å²) in [7, 11) is 0. The molecule has 3 nitrogen and oxygen atoms in total. The maximum absolute atomic E-state index is 13.9. The van der Waals surface area contributed by atoms with Gasteiger partial charge < -0.3 is 15.3 Å². The van der Waals surface area contributed by atoms with Crippen LogP contribution in [-0.2, 0) is 0 Å². The average Bonchev–Trinajstić information content (AvgIpc) is 2.45. The van der Waals surface area contributed by atoms with E-state index in [4.69, 9.17) is 0 Å². The van der Waals surface area contributed by atoms with Gasteiger partial charge in [-0.05, 0) is 45.3 Å². The summed E-state index contributed by atoms with van der Waals surface area (Å²) < 4.78 is 13.9. The summed E-state index contributed by atoms with van der Waals surface area (Å²) in [6.07, 6.45) is 2.52. The number of likely N-dealkylation sites (tertiary alicyclic amines) is 1. The first-order chi connectivity index (χ1) is 10.0. The molecule has 1 saturated heterocycles. The molecule has 1 unspecified atom stereocenters. The van der Waals surface area contributed by atoms with Crippen LogP contribution < -0.4 is 5.32 Å². The topological polar surface area (TPSA) is 35.5 Å². The Balaban J connectivity index is 1.91. The Kier molecular flexibility index (Phi) is 5.73. The molecule has 1 aromatic rings. The number of hydrogen-bond acceptors (Lipinski definition) is 3. The van der Waals surface area contributed by atoms with Crippen molar-refractivity contribution in [1.29, 1.82) is 0 Å². The van der Waals surface area contributed by atoms with Gasteiger partial charge in [0.25, 0.3) is 0 Å². The monoisotopic (exact) mass is 294 g/mol. The van der Waals surface area contributed by atoms with Crippen molar-refractivity contribution in [3.63, 3.8) is 0 Å². The van der Waals surface area contributed by atoms with E-state index in [0.717, 1.165) is 51.0 Å². The van der Waals surface area contributed by atoms with E-state index in [1.165, 1.54) is 6.07 Å². The molecular weight excluding hydrogens is 267 g/mol. The molecule has 0 aliphatic carbocycles. The van der Waals surface area contributed by atoms with Gasteiger partial charge in [0.05, 0.1) is 5.60 Å². The molecule has 2 N–H and O–H groups in total. The fourth-order valence-electron chi connectivity index (χ4n) is 2.94. The van der Waals surface area contributed by atoms with E-state index < -0.39 is 5.60 Å². The Bertz CT molecular complexity index is 440. The third-order valence-corrected chi connectivity index (χ3v) is 4.40. The minimum atomic E-state index is -0.511. The van der Waals surface area contributed by atoms with Crippen molar-refractivity contribution >= 4 is 0 Å². The van der Waals surface area contributed by atoms with Gasteiger partial charge in [-0.2, -0.15) is 0 Å². The van der Waals surface area contributed by atoms with Crippen LogP contribution in [0, 0.1) is 5.82 Å². The van der Waals surface area contributed by atoms with Crippen molar-refractivity contribution < 1.29 is 9.50 Å². The SMILES string of the molecule is CCNC(CCN1CCC(C)(O)CC1)c1ccccc1F. The molecule has 0 bridgehead atoms. The first kappa shape index (κ1) is 16.4. The highest BCUT2D eigenvalue weighted by Crippen LogP contribution is 2.24. The van der Waals surface area contributed by atoms with Crippen molar-refractivity contribution in [1.82, 2.24) is 10.2 Å². The number of benzene rings is 1. The average molecular weight is 294 g/mol. The van der Waals surface area contributed by atoms with Crippen LogP contribution in [0.25, 0.3) is 0 Å². The van der Waals surface area contributed by atoms with Gasteiger partial charge in [-0.3, -0.25) is 0 Å². The van der Waals surface area contributed by atoms with E-state index in [1.807, 2.05) is 26.0 Å². The molecule has 1 fully saturated rings. The summed E-state index contributed by atoms with van der Waals surface area (Å²) in [4.78, 5) is 2.36. The van der Waals surface area contributed by atoms with E-state index in [0.29, 0.717) is 0 Å². The number of piperidine rings is 1. The number of halogens is 1. The first-order valence-electron chi connectivity index (χ1n) is 7.94. The summed E-state index contributed by atoms with van der Waals surface area (Å²) in [5.41, 5.74) is 0.242. The second-order valence-corrected chi connectivity index (χ2v) is 6.26. The predicted molar refractivity (Wildman–Crippen MR) is 83.7 cm³/mol. The van der Waals surface area contributed by atoms with Crippen LogP contribution >= 0.6 is 0 Å². The number of nitrogens with one attached hydrogen (secondary N) is 1. The van der Waals surface area contributed by atoms with Crippen molar-refractivity contribution in [3.05, 3.63) is 35.6 Å². The molecule has 0 aromatic heterocycles. The Morgan fingerprint density at radius 3 is 2.62 bits per heavy atom. The number of hydrogen-bond donors (Lipinski definition) is 2. The quantitative estimate of drug-likeness (QED) is 0.847. The lowest BCUT2D eigenvalue weighted by Gasteiger charge is -2.36. The molecule has 21 heavy (non-hydrogen) atoms. The highest BCUT2D eigenvalue weighted by molar-refractivity contribution is 5.21. The van der Waals surface area contributed by atoms with Crippen molar-refractivity contribution in [2.75, 3.05) is 26.2 Å². The van der Waals surface area contributed by atoms with Gasteiger partial charge in [-0.25, -0.2) is 4.39 Å². The second-order valence-electron chi connectivity index (χ2n) is 6.26. The summed E-state index contributed by atoms with van der Waals surface area (Å²) in [5.74, 6) is -0.134. The van der Waals surface area contributed by atoms with Crippen molar-refractivity contribution in [2.24, 2.45) is 0 Å². The summed E-state index contributed by atoms with van der Waals surface area (Å²) in [5, 5.41) is 13.4. The van der Waals surface area contributed by atoms with Crippen molar-refractivity contribution in [2.45, 2.75) is 44.8 Å². The molecule has 1 aliphatic rings. The summed E-state index contributed by atoms with van der Waals surface area (Å²) in [6.45, 7) is 7.55.